The van der Waals surface area contributed by atoms with Gasteiger partial charge in [0.05, 0.1) is 7.11 Å². The van der Waals surface area contributed by atoms with Crippen molar-refractivity contribution in [2.24, 2.45) is 0 Å². The molecule has 2 rings (SSSR count). The lowest BCUT2D eigenvalue weighted by molar-refractivity contribution is 0.386. The molecule has 0 atom stereocenters. The minimum absolute atomic E-state index is 0.241. The van der Waals surface area contributed by atoms with E-state index < -0.39 is 0 Å². The molecular formula is C13H13FN2O. The Morgan fingerprint density at radius 2 is 2.18 bits per heavy atom. The summed E-state index contributed by atoms with van der Waals surface area (Å²) in [6.45, 7) is 0. The lowest BCUT2D eigenvalue weighted by atomic mass is 10.1. The lowest BCUT2D eigenvalue weighted by Gasteiger charge is -2.07. The van der Waals surface area contributed by atoms with Crippen LogP contribution in [-0.2, 0) is 6.42 Å². The van der Waals surface area contributed by atoms with Crippen molar-refractivity contribution in [3.8, 4) is 5.75 Å². The fraction of sp³-hybridized carbons (Fsp3) is 0.154. The van der Waals surface area contributed by atoms with Gasteiger partial charge in [0.25, 0.3) is 0 Å². The number of aromatic nitrogens is 1. The Kier molecular flexibility index (Phi) is 3.23. The zero-order chi connectivity index (χ0) is 12.3. The molecule has 0 radical (unpaired) electrons. The summed E-state index contributed by atoms with van der Waals surface area (Å²) in [6, 6.07) is 8.50. The summed E-state index contributed by atoms with van der Waals surface area (Å²) in [5.41, 5.74) is 7.60. The van der Waals surface area contributed by atoms with E-state index in [2.05, 4.69) is 4.98 Å². The number of ether oxygens (including phenoxy) is 1. The largest absolute Gasteiger partial charge is 0.494 e. The van der Waals surface area contributed by atoms with Gasteiger partial charge in [0.1, 0.15) is 5.82 Å². The topological polar surface area (TPSA) is 48.1 Å². The predicted molar refractivity (Wildman–Crippen MR) is 64.4 cm³/mol. The van der Waals surface area contributed by atoms with Gasteiger partial charge in [-0.05, 0) is 29.3 Å². The summed E-state index contributed by atoms with van der Waals surface area (Å²) in [5, 5.41) is 0. The van der Waals surface area contributed by atoms with Gasteiger partial charge < -0.3 is 10.5 Å². The van der Waals surface area contributed by atoms with Gasteiger partial charge in [0, 0.05) is 12.6 Å². The third kappa shape index (κ3) is 2.53. The van der Waals surface area contributed by atoms with Crippen LogP contribution in [0.2, 0.25) is 0 Å². The third-order valence-corrected chi connectivity index (χ3v) is 2.54. The zero-order valence-electron chi connectivity index (χ0n) is 9.48. The monoisotopic (exact) mass is 232 g/mol. The van der Waals surface area contributed by atoms with Gasteiger partial charge in [-0.1, -0.05) is 12.1 Å². The Bertz CT molecular complexity index is 529. The number of methoxy groups -OCH3 is 1. The molecule has 2 N–H and O–H groups in total. The fourth-order valence-electron chi connectivity index (χ4n) is 1.63. The number of hydrogen-bond acceptors (Lipinski definition) is 3. The van der Waals surface area contributed by atoms with E-state index in [0.29, 0.717) is 12.2 Å². The average molecular weight is 232 g/mol. The Morgan fingerprint density at radius 1 is 1.35 bits per heavy atom. The quantitative estimate of drug-likeness (QED) is 0.884. The number of pyridine rings is 1. The van der Waals surface area contributed by atoms with E-state index in [4.69, 9.17) is 10.5 Å². The van der Waals surface area contributed by atoms with Gasteiger partial charge in [-0.15, -0.1) is 0 Å². The summed E-state index contributed by atoms with van der Waals surface area (Å²) in [5.74, 6) is 0.371. The maximum absolute atomic E-state index is 13.2. The number of hydrogen-bond donors (Lipinski definition) is 1. The predicted octanol–water partition coefficient (Wildman–Crippen LogP) is 2.40. The molecule has 1 heterocycles. The molecule has 88 valence electrons. The molecule has 1 aromatic carbocycles. The maximum Gasteiger partial charge on any atom is 0.165 e. The third-order valence-electron chi connectivity index (χ3n) is 2.54. The number of nitrogens with zero attached hydrogens (tertiary/aromatic N) is 1. The Hall–Kier alpha value is -2.10. The Balaban J connectivity index is 2.28. The molecule has 0 aliphatic heterocycles. The van der Waals surface area contributed by atoms with Crippen LogP contribution in [0.1, 0.15) is 11.1 Å². The summed E-state index contributed by atoms with van der Waals surface area (Å²) >= 11 is 0. The normalized spacial score (nSPS) is 10.2. The Labute approximate surface area is 99.1 Å². The van der Waals surface area contributed by atoms with Crippen LogP contribution in [0, 0.1) is 5.82 Å². The highest BCUT2D eigenvalue weighted by atomic mass is 19.1. The second kappa shape index (κ2) is 4.82. The summed E-state index contributed by atoms with van der Waals surface area (Å²) in [4.78, 5) is 4.01. The van der Waals surface area contributed by atoms with Crippen molar-refractivity contribution in [2.45, 2.75) is 6.42 Å². The molecule has 0 amide bonds. The first-order chi connectivity index (χ1) is 8.20. The van der Waals surface area contributed by atoms with Crippen molar-refractivity contribution in [1.82, 2.24) is 4.98 Å². The lowest BCUT2D eigenvalue weighted by Crippen LogP contribution is -1.98. The van der Waals surface area contributed by atoms with E-state index >= 15 is 0 Å². The van der Waals surface area contributed by atoms with Gasteiger partial charge >= 0.3 is 0 Å². The van der Waals surface area contributed by atoms with Crippen LogP contribution in [0.15, 0.2) is 36.5 Å². The van der Waals surface area contributed by atoms with Crippen molar-refractivity contribution in [3.05, 3.63) is 53.5 Å². The fourth-order valence-corrected chi connectivity index (χ4v) is 1.63. The van der Waals surface area contributed by atoms with E-state index in [-0.39, 0.29) is 11.6 Å². The van der Waals surface area contributed by atoms with E-state index in [1.807, 2.05) is 12.1 Å². The van der Waals surface area contributed by atoms with Crippen molar-refractivity contribution >= 4 is 5.82 Å². The zero-order valence-corrected chi connectivity index (χ0v) is 9.48. The summed E-state index contributed by atoms with van der Waals surface area (Å²) < 4.78 is 18.2. The highest BCUT2D eigenvalue weighted by Gasteiger charge is 2.06. The SMILES string of the molecule is COc1cc(Cc2cccnc2N)ccc1F. The minimum Gasteiger partial charge on any atom is -0.494 e. The molecular weight excluding hydrogens is 219 g/mol. The smallest absolute Gasteiger partial charge is 0.165 e. The molecule has 0 saturated carbocycles. The molecule has 0 spiro atoms. The number of rotatable bonds is 3. The molecule has 0 aliphatic rings. The molecule has 0 unspecified atom stereocenters. The molecule has 0 aliphatic carbocycles. The van der Waals surface area contributed by atoms with Crippen LogP contribution >= 0.6 is 0 Å². The molecule has 4 heteroatoms. The summed E-state index contributed by atoms with van der Waals surface area (Å²) in [6.07, 6.45) is 2.25. The van der Waals surface area contributed by atoms with Crippen LogP contribution in [0.4, 0.5) is 10.2 Å². The van der Waals surface area contributed by atoms with Crippen molar-refractivity contribution in [3.63, 3.8) is 0 Å². The van der Waals surface area contributed by atoms with Gasteiger partial charge in [0.2, 0.25) is 0 Å². The van der Waals surface area contributed by atoms with Gasteiger partial charge in [-0.2, -0.15) is 0 Å². The van der Waals surface area contributed by atoms with Crippen LogP contribution in [0.25, 0.3) is 0 Å². The maximum atomic E-state index is 13.2. The van der Waals surface area contributed by atoms with Gasteiger partial charge in [-0.3, -0.25) is 0 Å². The first-order valence-corrected chi connectivity index (χ1v) is 5.22. The van der Waals surface area contributed by atoms with Crippen LogP contribution in [-0.4, -0.2) is 12.1 Å². The number of benzene rings is 1. The molecule has 0 bridgehead atoms. The van der Waals surface area contributed by atoms with E-state index in [1.54, 1.807) is 18.3 Å². The van der Waals surface area contributed by atoms with Crippen molar-refractivity contribution in [2.75, 3.05) is 12.8 Å². The Morgan fingerprint density at radius 3 is 2.88 bits per heavy atom. The van der Waals surface area contributed by atoms with E-state index in [9.17, 15) is 4.39 Å². The van der Waals surface area contributed by atoms with E-state index in [1.165, 1.54) is 13.2 Å². The number of nitrogens with two attached hydrogens (primary N) is 1. The van der Waals surface area contributed by atoms with Gasteiger partial charge in [-0.25, -0.2) is 9.37 Å². The molecule has 3 nitrogen and oxygen atoms in total. The van der Waals surface area contributed by atoms with E-state index in [0.717, 1.165) is 11.1 Å². The summed E-state index contributed by atoms with van der Waals surface area (Å²) in [7, 11) is 1.45. The van der Waals surface area contributed by atoms with Crippen LogP contribution in [0.5, 0.6) is 5.75 Å². The second-order valence-corrected chi connectivity index (χ2v) is 3.69. The average Bonchev–Trinajstić information content (AvgIpc) is 2.34. The van der Waals surface area contributed by atoms with Crippen molar-refractivity contribution < 1.29 is 9.13 Å². The minimum atomic E-state index is -0.365. The van der Waals surface area contributed by atoms with Crippen molar-refractivity contribution in [1.29, 1.82) is 0 Å². The first kappa shape index (κ1) is 11.4. The number of nitrogen functional groups attached to an aromatic ring is 1. The molecule has 17 heavy (non-hydrogen) atoms. The molecule has 1 aromatic heterocycles. The second-order valence-electron chi connectivity index (χ2n) is 3.69. The highest BCUT2D eigenvalue weighted by molar-refractivity contribution is 5.43. The number of anilines is 1. The van der Waals surface area contributed by atoms with Crippen LogP contribution in [0.3, 0.4) is 0 Å². The highest BCUT2D eigenvalue weighted by Crippen LogP contribution is 2.21. The molecule has 2 aromatic rings. The molecule has 0 saturated heterocycles. The van der Waals surface area contributed by atoms with Gasteiger partial charge in [0.15, 0.2) is 11.6 Å². The van der Waals surface area contributed by atoms with Crippen LogP contribution < -0.4 is 10.5 Å². The first-order valence-electron chi connectivity index (χ1n) is 5.22. The number of halogens is 1. The molecule has 0 fully saturated rings. The standard InChI is InChI=1S/C13H13FN2O/c1-17-12-8-9(4-5-11(12)14)7-10-3-2-6-16-13(10)15/h2-6,8H,7H2,1H3,(H2,15,16).